The molecule has 0 saturated carbocycles. The minimum atomic E-state index is -0.456. The summed E-state index contributed by atoms with van der Waals surface area (Å²) in [6.45, 7) is 6.11. The summed E-state index contributed by atoms with van der Waals surface area (Å²) in [6.07, 6.45) is 2.51. The van der Waals surface area contributed by atoms with Crippen molar-refractivity contribution in [2.45, 2.75) is 40.0 Å². The molecule has 0 aromatic heterocycles. The zero-order valence-corrected chi connectivity index (χ0v) is 8.68. The van der Waals surface area contributed by atoms with E-state index >= 15 is 0 Å². The number of carbonyl (C=O) groups is 1. The molecule has 0 aromatic carbocycles. The molecule has 1 N–H and O–H groups in total. The van der Waals surface area contributed by atoms with Crippen molar-refractivity contribution in [2.75, 3.05) is 6.54 Å². The number of unbranched alkanes of at least 4 members (excludes halogenated alkanes) is 1. The summed E-state index contributed by atoms with van der Waals surface area (Å²) < 4.78 is 0. The van der Waals surface area contributed by atoms with E-state index in [1.54, 1.807) is 0 Å². The summed E-state index contributed by atoms with van der Waals surface area (Å²) in [4.78, 5) is 11.1. The molecule has 0 saturated heterocycles. The van der Waals surface area contributed by atoms with Crippen LogP contribution >= 0.6 is 0 Å². The predicted octanol–water partition coefficient (Wildman–Crippen LogP) is 1.84. The van der Waals surface area contributed by atoms with E-state index in [1.807, 2.05) is 20.8 Å². The smallest absolute Gasteiger partial charge is 0.220 e. The lowest BCUT2D eigenvalue weighted by Crippen LogP contribution is -2.32. The average Bonchev–Trinajstić information content (AvgIpc) is 2.11. The largest absolute Gasteiger partial charge is 0.355 e. The summed E-state index contributed by atoms with van der Waals surface area (Å²) >= 11 is 0. The molecule has 0 spiro atoms. The molecule has 0 radical (unpaired) electrons. The Morgan fingerprint density at radius 1 is 1.54 bits per heavy atom. The van der Waals surface area contributed by atoms with Crippen LogP contribution in [0.4, 0.5) is 0 Å². The molecule has 0 bridgehead atoms. The molecule has 0 atom stereocenters. The van der Waals surface area contributed by atoms with Crippen LogP contribution in [0.25, 0.3) is 0 Å². The van der Waals surface area contributed by atoms with Crippen molar-refractivity contribution in [3.63, 3.8) is 0 Å². The van der Waals surface area contributed by atoms with Gasteiger partial charge in [-0.25, -0.2) is 0 Å². The van der Waals surface area contributed by atoms with Gasteiger partial charge in [0.1, 0.15) is 0 Å². The fourth-order valence-corrected chi connectivity index (χ4v) is 0.785. The molecule has 0 aliphatic rings. The molecule has 0 aromatic rings. The standard InChI is InChI=1S/C10H18N2O/c1-4-5-6-9(13)12-8-10(2,3)7-11/h4-6,8H2,1-3H3,(H,12,13). The number of nitrogens with one attached hydrogen (secondary N) is 1. The zero-order chi connectivity index (χ0) is 10.3. The lowest BCUT2D eigenvalue weighted by atomic mass is 9.96. The Balaban J connectivity index is 3.65. The Kier molecular flexibility index (Phi) is 5.13. The highest BCUT2D eigenvalue weighted by Gasteiger charge is 2.16. The van der Waals surface area contributed by atoms with Gasteiger partial charge >= 0.3 is 0 Å². The summed E-state index contributed by atoms with van der Waals surface area (Å²) in [5.41, 5.74) is -0.456. The minimum Gasteiger partial charge on any atom is -0.355 e. The average molecular weight is 182 g/mol. The quantitative estimate of drug-likeness (QED) is 0.705. The third-order valence-corrected chi connectivity index (χ3v) is 1.79. The molecule has 0 aliphatic carbocycles. The molecule has 3 heteroatoms. The molecule has 0 fully saturated rings. The maximum Gasteiger partial charge on any atom is 0.220 e. The van der Waals surface area contributed by atoms with Gasteiger partial charge in [0.05, 0.1) is 11.5 Å². The van der Waals surface area contributed by atoms with Crippen LogP contribution in [0.3, 0.4) is 0 Å². The molecular weight excluding hydrogens is 164 g/mol. The third kappa shape index (κ3) is 6.15. The Morgan fingerprint density at radius 3 is 2.62 bits per heavy atom. The lowest BCUT2D eigenvalue weighted by Gasteiger charge is -2.15. The molecule has 3 nitrogen and oxygen atoms in total. The maximum absolute atomic E-state index is 11.1. The van der Waals surface area contributed by atoms with Crippen LogP contribution in [-0.2, 0) is 4.79 Å². The van der Waals surface area contributed by atoms with Crippen molar-refractivity contribution in [3.05, 3.63) is 0 Å². The first-order chi connectivity index (χ1) is 6.02. The highest BCUT2D eigenvalue weighted by Crippen LogP contribution is 2.10. The lowest BCUT2D eigenvalue weighted by molar-refractivity contribution is -0.121. The van der Waals surface area contributed by atoms with Crippen molar-refractivity contribution in [2.24, 2.45) is 5.41 Å². The molecule has 0 heterocycles. The summed E-state index contributed by atoms with van der Waals surface area (Å²) in [7, 11) is 0. The fraction of sp³-hybridized carbons (Fsp3) is 0.800. The zero-order valence-electron chi connectivity index (χ0n) is 8.68. The van der Waals surface area contributed by atoms with E-state index in [1.165, 1.54) is 0 Å². The molecule has 1 amide bonds. The first-order valence-electron chi connectivity index (χ1n) is 4.70. The maximum atomic E-state index is 11.1. The number of hydrogen-bond donors (Lipinski definition) is 1. The molecular formula is C10H18N2O. The molecule has 0 aliphatic heterocycles. The van der Waals surface area contributed by atoms with Gasteiger partial charge in [-0.1, -0.05) is 13.3 Å². The van der Waals surface area contributed by atoms with Gasteiger partial charge in [0, 0.05) is 13.0 Å². The van der Waals surface area contributed by atoms with Crippen LogP contribution in [0, 0.1) is 16.7 Å². The Labute approximate surface area is 80.1 Å². The van der Waals surface area contributed by atoms with Gasteiger partial charge < -0.3 is 5.32 Å². The topological polar surface area (TPSA) is 52.9 Å². The van der Waals surface area contributed by atoms with Crippen LogP contribution < -0.4 is 5.32 Å². The van der Waals surface area contributed by atoms with Gasteiger partial charge in [0.2, 0.25) is 5.91 Å². The Morgan fingerprint density at radius 2 is 2.15 bits per heavy atom. The normalized spacial score (nSPS) is 10.6. The van der Waals surface area contributed by atoms with Crippen LogP contribution in [0.15, 0.2) is 0 Å². The van der Waals surface area contributed by atoms with E-state index in [4.69, 9.17) is 5.26 Å². The molecule has 0 unspecified atom stereocenters. The SMILES string of the molecule is CCCCC(=O)NCC(C)(C)C#N. The number of hydrogen-bond acceptors (Lipinski definition) is 2. The van der Waals surface area contributed by atoms with Crippen LogP contribution in [0.2, 0.25) is 0 Å². The van der Waals surface area contributed by atoms with Gasteiger partial charge in [0.25, 0.3) is 0 Å². The number of rotatable bonds is 5. The van der Waals surface area contributed by atoms with Gasteiger partial charge in [0.15, 0.2) is 0 Å². The van der Waals surface area contributed by atoms with Crippen molar-refractivity contribution in [1.29, 1.82) is 5.26 Å². The summed E-state index contributed by atoms with van der Waals surface area (Å²) in [5.74, 6) is 0.0465. The van der Waals surface area contributed by atoms with Crippen LogP contribution in [0.1, 0.15) is 40.0 Å². The first-order valence-corrected chi connectivity index (χ1v) is 4.70. The van der Waals surface area contributed by atoms with Crippen molar-refractivity contribution in [1.82, 2.24) is 5.32 Å². The number of amides is 1. The van der Waals surface area contributed by atoms with Gasteiger partial charge in [-0.3, -0.25) is 4.79 Å². The first kappa shape index (κ1) is 12.0. The van der Waals surface area contributed by atoms with Gasteiger partial charge in [-0.05, 0) is 20.3 Å². The van der Waals surface area contributed by atoms with Gasteiger partial charge in [-0.2, -0.15) is 5.26 Å². The van der Waals surface area contributed by atoms with Crippen LogP contribution in [0.5, 0.6) is 0 Å². The van der Waals surface area contributed by atoms with Gasteiger partial charge in [-0.15, -0.1) is 0 Å². The fourth-order valence-electron chi connectivity index (χ4n) is 0.785. The second-order valence-corrected chi connectivity index (χ2v) is 3.88. The highest BCUT2D eigenvalue weighted by atomic mass is 16.1. The summed E-state index contributed by atoms with van der Waals surface area (Å²) in [6, 6.07) is 2.14. The monoisotopic (exact) mass is 182 g/mol. The van der Waals surface area contributed by atoms with E-state index in [-0.39, 0.29) is 5.91 Å². The van der Waals surface area contributed by atoms with E-state index in [0.29, 0.717) is 13.0 Å². The van der Waals surface area contributed by atoms with E-state index < -0.39 is 5.41 Å². The number of carbonyl (C=O) groups excluding carboxylic acids is 1. The Bertz CT molecular complexity index is 203. The molecule has 13 heavy (non-hydrogen) atoms. The third-order valence-electron chi connectivity index (χ3n) is 1.79. The number of nitrogens with zero attached hydrogens (tertiary/aromatic N) is 1. The Hall–Kier alpha value is -1.04. The number of nitriles is 1. The highest BCUT2D eigenvalue weighted by molar-refractivity contribution is 5.75. The predicted molar refractivity (Wildman–Crippen MR) is 51.9 cm³/mol. The second kappa shape index (κ2) is 5.58. The molecule has 74 valence electrons. The second-order valence-electron chi connectivity index (χ2n) is 3.88. The van der Waals surface area contributed by atoms with Crippen molar-refractivity contribution < 1.29 is 4.79 Å². The van der Waals surface area contributed by atoms with E-state index in [2.05, 4.69) is 11.4 Å². The van der Waals surface area contributed by atoms with Crippen molar-refractivity contribution >= 4 is 5.91 Å². The van der Waals surface area contributed by atoms with Crippen LogP contribution in [-0.4, -0.2) is 12.5 Å². The molecule has 0 rings (SSSR count). The summed E-state index contributed by atoms with van der Waals surface area (Å²) in [5, 5.41) is 11.4. The van der Waals surface area contributed by atoms with Crippen molar-refractivity contribution in [3.8, 4) is 6.07 Å². The van der Waals surface area contributed by atoms with E-state index in [0.717, 1.165) is 12.8 Å². The minimum absolute atomic E-state index is 0.0465. The van der Waals surface area contributed by atoms with E-state index in [9.17, 15) is 4.79 Å².